The summed E-state index contributed by atoms with van der Waals surface area (Å²) in [5.41, 5.74) is 6.67. The van der Waals surface area contributed by atoms with Crippen molar-refractivity contribution in [2.45, 2.75) is 58.8 Å². The zero-order valence-corrected chi connectivity index (χ0v) is 29.8. The maximum Gasteiger partial charge on any atom is 0 e. The van der Waals surface area contributed by atoms with Gasteiger partial charge in [-0.2, -0.15) is 24.3 Å². The van der Waals surface area contributed by atoms with Crippen LogP contribution in [0.4, 0.5) is 0 Å². The minimum absolute atomic E-state index is 0. The van der Waals surface area contributed by atoms with Crippen molar-refractivity contribution < 1.29 is 25.8 Å². The van der Waals surface area contributed by atoms with Crippen molar-refractivity contribution in [1.82, 2.24) is 0 Å². The summed E-state index contributed by atoms with van der Waals surface area (Å²) in [7, 11) is 0. The van der Waals surface area contributed by atoms with Crippen molar-refractivity contribution in [2.75, 3.05) is 0 Å². The van der Waals surface area contributed by atoms with E-state index in [1.54, 1.807) is 11.1 Å². The molecule has 0 aromatic heterocycles. The molecule has 1 aliphatic rings. The average molecular weight is 678 g/mol. The van der Waals surface area contributed by atoms with Crippen LogP contribution >= 0.6 is 0 Å². The van der Waals surface area contributed by atoms with Gasteiger partial charge in [-0.15, -0.1) is 34.5 Å². The van der Waals surface area contributed by atoms with Crippen molar-refractivity contribution in [2.24, 2.45) is 5.41 Å². The monoisotopic (exact) mass is 679 g/mol. The summed E-state index contributed by atoms with van der Waals surface area (Å²) in [4.78, 5) is 0. The molecule has 0 amide bonds. The van der Waals surface area contributed by atoms with Gasteiger partial charge in [0.2, 0.25) is 0 Å². The van der Waals surface area contributed by atoms with Gasteiger partial charge in [-0.1, -0.05) is 68.7 Å². The molecule has 0 N–H and O–H groups in total. The zero-order chi connectivity index (χ0) is 21.0. The molecule has 0 fully saturated rings. The maximum atomic E-state index is 2.52. The van der Waals surface area contributed by atoms with Gasteiger partial charge in [0.15, 0.2) is 0 Å². The molecule has 0 nitrogen and oxygen atoms in total. The minimum atomic E-state index is 0. The summed E-state index contributed by atoms with van der Waals surface area (Å²) >= 11 is 0. The number of rotatable bonds is 5. The summed E-state index contributed by atoms with van der Waals surface area (Å²) in [6.07, 6.45) is 6.25. The topological polar surface area (TPSA) is 0 Å². The van der Waals surface area contributed by atoms with Gasteiger partial charge in [0, 0.05) is 25.8 Å². The average Bonchev–Trinajstić information content (AvgIpc) is 3.54. The van der Waals surface area contributed by atoms with Gasteiger partial charge in [-0.25, -0.2) is 12.1 Å². The minimum Gasteiger partial charge on any atom is -0.358 e. The van der Waals surface area contributed by atoms with Crippen LogP contribution in [-0.4, -0.2) is 0 Å². The third-order valence-corrected chi connectivity index (χ3v) is 7.26. The fourth-order valence-corrected chi connectivity index (χ4v) is 5.08. The van der Waals surface area contributed by atoms with E-state index >= 15 is 0 Å². The Balaban J connectivity index is -0.000000254. The molecule has 5 rings (SSSR count). The van der Waals surface area contributed by atoms with Crippen LogP contribution in [0, 0.1) is 57.4 Å². The first-order valence-corrected chi connectivity index (χ1v) is 11.6. The van der Waals surface area contributed by atoms with E-state index in [1.165, 1.54) is 47.6 Å². The Morgan fingerprint density at radius 2 is 1.29 bits per heavy atom. The molecule has 4 aromatic carbocycles. The smallest absolute Gasteiger partial charge is 0 e. The van der Waals surface area contributed by atoms with Crippen LogP contribution in [0.2, 0.25) is 0 Å². The van der Waals surface area contributed by atoms with Crippen molar-refractivity contribution in [3.63, 3.8) is 0 Å². The fraction of sp³-hybridized carbons (Fsp3) is 0.270. The van der Waals surface area contributed by atoms with Crippen LogP contribution in [0.5, 0.6) is 0 Å². The van der Waals surface area contributed by atoms with Crippen molar-refractivity contribution in [3.05, 3.63) is 159 Å². The third-order valence-electron chi connectivity index (χ3n) is 7.26. The Morgan fingerprint density at radius 1 is 0.763 bits per heavy atom. The number of fused-ring (bicyclic) bond motifs is 2. The zero-order valence-electron chi connectivity index (χ0n) is 26.2. The second-order valence-electron chi connectivity index (χ2n) is 9.11. The van der Waals surface area contributed by atoms with Crippen LogP contribution in [0.25, 0.3) is 10.8 Å². The predicted octanol–water partition coefficient (Wildman–Crippen LogP) is 11.4. The van der Waals surface area contributed by atoms with E-state index in [0.29, 0.717) is 11.3 Å². The third kappa shape index (κ3) is 10.4. The molecule has 0 saturated carbocycles. The Bertz CT molecular complexity index is 1030. The second kappa shape index (κ2) is 21.1. The van der Waals surface area contributed by atoms with E-state index in [9.17, 15) is 0 Å². The van der Waals surface area contributed by atoms with Gasteiger partial charge in [-0.05, 0) is 42.6 Å². The molecule has 216 valence electrons. The molecule has 0 aliphatic heterocycles. The first-order chi connectivity index (χ1) is 14.6. The molecule has 0 spiro atoms. The Kier molecular flexibility index (Phi) is 25.7. The van der Waals surface area contributed by atoms with Gasteiger partial charge in [0.05, 0.1) is 0 Å². The molecule has 1 aliphatic carbocycles. The first-order valence-electron chi connectivity index (χ1n) is 11.6. The SMILES string of the molecule is CCC1(CC)Cc2cc3cc[c-](CC(C)c4ccccc4)c3cc2C1.[CH3-].[CH3-].[CH3-].[CH3-].[CH3-].[CH3-].[CH3-].[Hf].c1cc[cH-]c1. The van der Waals surface area contributed by atoms with E-state index in [4.69, 9.17) is 0 Å². The van der Waals surface area contributed by atoms with Crippen LogP contribution < -0.4 is 0 Å². The standard InChI is InChI=1S/C25H29.C5H5.7CH3.Hf/c1-4-25(5-2)16-22-14-21-12-11-20(24(21)15-23(22)17-25)13-18(3)19-9-7-6-8-10-19;1-2-4-5-3-1;;;;;;;;/h6-12,14-15,18H,4-5,13,16-17H2,1-3H3;1-5H;7*1H3;/q9*-1;. The molecular formula is C37H55Hf-9. The Labute approximate surface area is 258 Å². The predicted molar refractivity (Wildman–Crippen MR) is 175 cm³/mol. The quantitative estimate of drug-likeness (QED) is 0.146. The molecule has 1 atom stereocenters. The molecule has 0 saturated heterocycles. The van der Waals surface area contributed by atoms with Crippen LogP contribution in [-0.2, 0) is 45.1 Å². The van der Waals surface area contributed by atoms with Crippen LogP contribution in [0.15, 0.2) is 84.9 Å². The molecule has 38 heavy (non-hydrogen) atoms. The molecule has 1 heteroatoms. The normalized spacial score (nSPS) is 12.2. The molecule has 1 unspecified atom stereocenters. The van der Waals surface area contributed by atoms with Gasteiger partial charge in [-0.3, -0.25) is 0 Å². The van der Waals surface area contributed by atoms with Crippen LogP contribution in [0.3, 0.4) is 0 Å². The van der Waals surface area contributed by atoms with Gasteiger partial charge < -0.3 is 52.0 Å². The second-order valence-corrected chi connectivity index (χ2v) is 9.11. The molecule has 0 bridgehead atoms. The van der Waals surface area contributed by atoms with Crippen molar-refractivity contribution in [1.29, 1.82) is 0 Å². The van der Waals surface area contributed by atoms with E-state index in [-0.39, 0.29) is 77.8 Å². The summed E-state index contributed by atoms with van der Waals surface area (Å²) in [5.74, 6) is 0.561. The number of hydrogen-bond acceptors (Lipinski definition) is 0. The van der Waals surface area contributed by atoms with Crippen molar-refractivity contribution in [3.8, 4) is 0 Å². The van der Waals surface area contributed by atoms with E-state index in [2.05, 4.69) is 75.4 Å². The summed E-state index contributed by atoms with van der Waals surface area (Å²) in [5, 5.41) is 2.93. The molecule has 0 heterocycles. The van der Waals surface area contributed by atoms with Gasteiger partial charge in [0.1, 0.15) is 0 Å². The number of hydrogen-bond donors (Lipinski definition) is 0. The molecule has 4 aromatic rings. The fourth-order valence-electron chi connectivity index (χ4n) is 5.08. The summed E-state index contributed by atoms with van der Waals surface area (Å²) < 4.78 is 0. The molecule has 0 radical (unpaired) electrons. The summed E-state index contributed by atoms with van der Waals surface area (Å²) in [6.45, 7) is 7.07. The van der Waals surface area contributed by atoms with E-state index in [1.807, 2.05) is 30.3 Å². The van der Waals surface area contributed by atoms with E-state index < -0.39 is 0 Å². The van der Waals surface area contributed by atoms with Crippen molar-refractivity contribution >= 4 is 10.8 Å². The van der Waals surface area contributed by atoms with E-state index in [0.717, 1.165) is 6.42 Å². The van der Waals surface area contributed by atoms with Crippen LogP contribution in [0.1, 0.15) is 61.8 Å². The van der Waals surface area contributed by atoms with Gasteiger partial charge >= 0.3 is 0 Å². The number of benzene rings is 2. The Morgan fingerprint density at radius 3 is 1.76 bits per heavy atom. The molecular weight excluding hydrogens is 623 g/mol. The maximum absolute atomic E-state index is 2.52. The summed E-state index contributed by atoms with van der Waals surface area (Å²) in [6, 6.07) is 30.6. The first kappa shape index (κ1) is 46.1. The Hall–Kier alpha value is -1.73. The largest absolute Gasteiger partial charge is 0.358 e. The van der Waals surface area contributed by atoms with Gasteiger partial charge in [0.25, 0.3) is 0 Å².